The van der Waals surface area contributed by atoms with E-state index in [1.807, 2.05) is 12.1 Å². The van der Waals surface area contributed by atoms with Crippen LogP contribution in [0.25, 0.3) is 0 Å². The number of rotatable bonds is 7. The van der Waals surface area contributed by atoms with Crippen LogP contribution in [0.3, 0.4) is 0 Å². The summed E-state index contributed by atoms with van der Waals surface area (Å²) in [7, 11) is 3.19. The normalized spacial score (nSPS) is 18.5. The molecule has 1 heterocycles. The van der Waals surface area contributed by atoms with Gasteiger partial charge in [0.1, 0.15) is 11.5 Å². The Labute approximate surface area is 139 Å². The molecule has 5 heteroatoms. The Kier molecular flexibility index (Phi) is 6.71. The highest BCUT2D eigenvalue weighted by molar-refractivity contribution is 5.92. The average molecular weight is 320 g/mol. The number of hydrogen-bond acceptors (Lipinski definition) is 4. The minimum absolute atomic E-state index is 0.0221. The number of benzene rings is 1. The Bertz CT molecular complexity index is 519. The van der Waals surface area contributed by atoms with Crippen molar-refractivity contribution in [2.45, 2.75) is 45.1 Å². The molecule has 5 nitrogen and oxygen atoms in total. The summed E-state index contributed by atoms with van der Waals surface area (Å²) < 4.78 is 10.5. The first kappa shape index (κ1) is 17.6. The summed E-state index contributed by atoms with van der Waals surface area (Å²) in [6.45, 7) is 4.16. The lowest BCUT2D eigenvalue weighted by atomic mass is 10.00. The van der Waals surface area contributed by atoms with E-state index in [1.54, 1.807) is 20.3 Å². The summed E-state index contributed by atoms with van der Waals surface area (Å²) in [6, 6.07) is 6.03. The number of anilines is 1. The van der Waals surface area contributed by atoms with Crippen LogP contribution in [-0.4, -0.2) is 44.2 Å². The second kappa shape index (κ2) is 8.77. The van der Waals surface area contributed by atoms with Crippen LogP contribution in [0, 0.1) is 0 Å². The van der Waals surface area contributed by atoms with Gasteiger partial charge in [0.15, 0.2) is 0 Å². The first-order valence-electron chi connectivity index (χ1n) is 8.43. The highest BCUT2D eigenvalue weighted by atomic mass is 16.5. The monoisotopic (exact) mass is 320 g/mol. The molecule has 1 N–H and O–H groups in total. The van der Waals surface area contributed by atoms with Crippen molar-refractivity contribution >= 4 is 11.6 Å². The lowest BCUT2D eigenvalue weighted by molar-refractivity contribution is -0.116. The Morgan fingerprint density at radius 2 is 2.13 bits per heavy atom. The van der Waals surface area contributed by atoms with E-state index in [0.717, 1.165) is 19.5 Å². The van der Waals surface area contributed by atoms with Crippen LogP contribution >= 0.6 is 0 Å². The maximum absolute atomic E-state index is 12.2. The van der Waals surface area contributed by atoms with Crippen LogP contribution in [0.5, 0.6) is 11.5 Å². The van der Waals surface area contributed by atoms with Gasteiger partial charge in [-0.3, -0.25) is 9.69 Å². The van der Waals surface area contributed by atoms with Crippen LogP contribution < -0.4 is 14.8 Å². The highest BCUT2D eigenvalue weighted by Gasteiger charge is 2.21. The molecule has 1 atom stereocenters. The molecule has 23 heavy (non-hydrogen) atoms. The predicted octanol–water partition coefficient (Wildman–Crippen LogP) is 3.30. The lowest BCUT2D eigenvalue weighted by Crippen LogP contribution is -2.40. The summed E-state index contributed by atoms with van der Waals surface area (Å²) in [5.41, 5.74) is 0.684. The molecule has 0 spiro atoms. The molecule has 1 aromatic rings. The molecule has 1 unspecified atom stereocenters. The molecule has 0 saturated carbocycles. The van der Waals surface area contributed by atoms with E-state index in [1.165, 1.54) is 19.3 Å². The lowest BCUT2D eigenvalue weighted by Gasteiger charge is -2.35. The van der Waals surface area contributed by atoms with Crippen molar-refractivity contribution < 1.29 is 14.3 Å². The number of piperidine rings is 1. The van der Waals surface area contributed by atoms with E-state index >= 15 is 0 Å². The molecular formula is C18H28N2O3. The molecule has 2 rings (SSSR count). The molecule has 128 valence electrons. The van der Waals surface area contributed by atoms with Gasteiger partial charge in [-0.1, -0.05) is 13.3 Å². The number of nitrogens with zero attached hydrogens (tertiary/aromatic N) is 1. The van der Waals surface area contributed by atoms with Gasteiger partial charge in [0.05, 0.1) is 19.9 Å². The zero-order valence-electron chi connectivity index (χ0n) is 14.4. The first-order valence-corrected chi connectivity index (χ1v) is 8.43. The number of carbonyl (C=O) groups is 1. The molecule has 1 aliphatic rings. The Morgan fingerprint density at radius 1 is 1.30 bits per heavy atom. The Hall–Kier alpha value is -1.75. The van der Waals surface area contributed by atoms with Crippen LogP contribution in [0.15, 0.2) is 18.2 Å². The SMILES string of the molecule is CCC1CCCCN1CCC(=O)Nc1ccc(OC)cc1OC. The number of amides is 1. The molecule has 1 amide bonds. The number of hydrogen-bond donors (Lipinski definition) is 1. The largest absolute Gasteiger partial charge is 0.497 e. The third-order valence-electron chi connectivity index (χ3n) is 4.53. The van der Waals surface area contributed by atoms with E-state index in [4.69, 9.17) is 9.47 Å². The fourth-order valence-electron chi connectivity index (χ4n) is 3.18. The average Bonchev–Trinajstić information content (AvgIpc) is 2.60. The number of carbonyl (C=O) groups excluding carboxylic acids is 1. The van der Waals surface area contributed by atoms with Crippen molar-refractivity contribution in [3.8, 4) is 11.5 Å². The van der Waals surface area contributed by atoms with Gasteiger partial charge >= 0.3 is 0 Å². The van der Waals surface area contributed by atoms with Crippen molar-refractivity contribution in [1.29, 1.82) is 0 Å². The summed E-state index contributed by atoms with van der Waals surface area (Å²) in [6.07, 6.45) is 5.47. The highest BCUT2D eigenvalue weighted by Crippen LogP contribution is 2.29. The smallest absolute Gasteiger partial charge is 0.225 e. The molecule has 1 aliphatic heterocycles. The van der Waals surface area contributed by atoms with Gasteiger partial charge in [-0.15, -0.1) is 0 Å². The molecule has 1 saturated heterocycles. The van der Waals surface area contributed by atoms with Crippen molar-refractivity contribution in [2.75, 3.05) is 32.6 Å². The zero-order chi connectivity index (χ0) is 16.7. The second-order valence-electron chi connectivity index (χ2n) is 5.96. The van der Waals surface area contributed by atoms with Crippen molar-refractivity contribution in [3.63, 3.8) is 0 Å². The van der Waals surface area contributed by atoms with E-state index in [2.05, 4.69) is 17.1 Å². The number of likely N-dealkylation sites (tertiary alicyclic amines) is 1. The number of nitrogens with one attached hydrogen (secondary N) is 1. The van der Waals surface area contributed by atoms with E-state index in [9.17, 15) is 4.79 Å². The van der Waals surface area contributed by atoms with Crippen molar-refractivity contribution in [1.82, 2.24) is 4.90 Å². The number of ether oxygens (including phenoxy) is 2. The topological polar surface area (TPSA) is 50.8 Å². The Balaban J connectivity index is 1.89. The molecule has 0 bridgehead atoms. The van der Waals surface area contributed by atoms with E-state index < -0.39 is 0 Å². The van der Waals surface area contributed by atoms with Crippen LogP contribution in [0.4, 0.5) is 5.69 Å². The quantitative estimate of drug-likeness (QED) is 0.837. The van der Waals surface area contributed by atoms with Gasteiger partial charge in [-0.05, 0) is 37.9 Å². The molecule has 0 radical (unpaired) electrons. The third-order valence-corrected chi connectivity index (χ3v) is 4.53. The van der Waals surface area contributed by atoms with Gasteiger partial charge in [0, 0.05) is 25.1 Å². The van der Waals surface area contributed by atoms with Crippen molar-refractivity contribution in [3.05, 3.63) is 18.2 Å². The number of methoxy groups -OCH3 is 2. The Morgan fingerprint density at radius 3 is 2.83 bits per heavy atom. The molecule has 1 fully saturated rings. The first-order chi connectivity index (χ1) is 11.2. The van der Waals surface area contributed by atoms with Crippen LogP contribution in [0.1, 0.15) is 39.0 Å². The zero-order valence-corrected chi connectivity index (χ0v) is 14.4. The van der Waals surface area contributed by atoms with Gasteiger partial charge in [-0.25, -0.2) is 0 Å². The summed E-state index contributed by atoms with van der Waals surface area (Å²) >= 11 is 0. The predicted molar refractivity (Wildman–Crippen MR) is 92.3 cm³/mol. The van der Waals surface area contributed by atoms with E-state index in [-0.39, 0.29) is 5.91 Å². The molecule has 0 aromatic heterocycles. The fourth-order valence-corrected chi connectivity index (χ4v) is 3.18. The maximum atomic E-state index is 12.2. The molecule has 0 aliphatic carbocycles. The third kappa shape index (κ3) is 4.86. The van der Waals surface area contributed by atoms with Crippen LogP contribution in [0.2, 0.25) is 0 Å². The molecule has 1 aromatic carbocycles. The second-order valence-corrected chi connectivity index (χ2v) is 5.96. The van der Waals surface area contributed by atoms with E-state index in [0.29, 0.717) is 29.6 Å². The maximum Gasteiger partial charge on any atom is 0.225 e. The summed E-state index contributed by atoms with van der Waals surface area (Å²) in [5.74, 6) is 1.34. The van der Waals surface area contributed by atoms with Gasteiger partial charge in [0.2, 0.25) is 5.91 Å². The van der Waals surface area contributed by atoms with Crippen LogP contribution in [-0.2, 0) is 4.79 Å². The summed E-state index contributed by atoms with van der Waals surface area (Å²) in [5, 5.41) is 2.94. The minimum atomic E-state index is 0.0221. The van der Waals surface area contributed by atoms with Gasteiger partial charge < -0.3 is 14.8 Å². The minimum Gasteiger partial charge on any atom is -0.497 e. The summed E-state index contributed by atoms with van der Waals surface area (Å²) in [4.78, 5) is 14.7. The standard InChI is InChI=1S/C18H28N2O3/c1-4-14-7-5-6-11-20(14)12-10-18(21)19-16-9-8-15(22-2)13-17(16)23-3/h8-9,13-14H,4-7,10-12H2,1-3H3,(H,19,21). The molecular weight excluding hydrogens is 292 g/mol. The van der Waals surface area contributed by atoms with Gasteiger partial charge in [-0.2, -0.15) is 0 Å². The fraction of sp³-hybridized carbons (Fsp3) is 0.611. The van der Waals surface area contributed by atoms with Crippen molar-refractivity contribution in [2.24, 2.45) is 0 Å². The van der Waals surface area contributed by atoms with Gasteiger partial charge in [0.25, 0.3) is 0 Å².